The fraction of sp³-hybridized carbons (Fsp3) is 0.292. The Morgan fingerprint density at radius 2 is 2.00 bits per heavy atom. The average Bonchev–Trinajstić information content (AvgIpc) is 3.25. The number of ketones is 1. The highest BCUT2D eigenvalue weighted by Crippen LogP contribution is 2.27. The monoisotopic (exact) mass is 520 g/mol. The molecule has 1 aliphatic carbocycles. The van der Waals surface area contributed by atoms with Crippen LogP contribution in [-0.2, 0) is 19.4 Å². The third-order valence-electron chi connectivity index (χ3n) is 5.40. The first-order valence-electron chi connectivity index (χ1n) is 10.8. The van der Waals surface area contributed by atoms with E-state index >= 15 is 0 Å². The van der Waals surface area contributed by atoms with Crippen molar-refractivity contribution in [1.29, 1.82) is 0 Å². The van der Waals surface area contributed by atoms with Crippen molar-refractivity contribution in [3.63, 3.8) is 0 Å². The van der Waals surface area contributed by atoms with Gasteiger partial charge in [0.15, 0.2) is 15.7 Å². The number of halogens is 2. The quantitative estimate of drug-likeness (QED) is 0.307. The van der Waals surface area contributed by atoms with Gasteiger partial charge in [-0.25, -0.2) is 4.39 Å². The number of benzene rings is 2. The summed E-state index contributed by atoms with van der Waals surface area (Å²) in [6.45, 7) is 0.612. The maximum Gasteiger partial charge on any atom is 0.174 e. The smallest absolute Gasteiger partial charge is 0.174 e. The molecule has 4 rings (SSSR count). The third kappa shape index (κ3) is 7.20. The summed E-state index contributed by atoms with van der Waals surface area (Å²) in [5.41, 5.74) is 3.53. The molecule has 0 saturated heterocycles. The van der Waals surface area contributed by atoms with E-state index in [9.17, 15) is 9.18 Å². The van der Waals surface area contributed by atoms with Gasteiger partial charge in [0.1, 0.15) is 5.82 Å². The number of imidazole rings is 1. The lowest BCUT2D eigenvalue weighted by atomic mass is 9.81. The van der Waals surface area contributed by atoms with Gasteiger partial charge in [-0.2, -0.15) is 0 Å². The molecular weight excluding hydrogens is 495 g/mol. The van der Waals surface area contributed by atoms with E-state index in [1.165, 1.54) is 11.6 Å². The largest absolute Gasteiger partial charge is 0.395 e. The molecule has 1 heterocycles. The number of rotatable bonds is 6. The number of carbonyl (C=O) groups excluding carboxylic acids is 1. The zero-order chi connectivity index (χ0) is 24.5. The van der Waals surface area contributed by atoms with Gasteiger partial charge in [-0.1, -0.05) is 48.0 Å². The van der Waals surface area contributed by atoms with Crippen molar-refractivity contribution in [3.8, 4) is 0 Å². The molecule has 180 valence electrons. The van der Waals surface area contributed by atoms with Crippen LogP contribution >= 0.6 is 36.0 Å². The summed E-state index contributed by atoms with van der Waals surface area (Å²) in [5.74, 6) is -0.111. The normalized spacial score (nSPS) is 14.6. The molecule has 5 N–H and O–H groups in total. The minimum absolute atomic E-state index is 0.00660. The number of hydrogen-bond acceptors (Lipinski definition) is 4. The van der Waals surface area contributed by atoms with Crippen molar-refractivity contribution in [3.05, 3.63) is 86.7 Å². The number of aromatic amines is 2. The highest BCUT2D eigenvalue weighted by atomic mass is 35.5. The van der Waals surface area contributed by atoms with Crippen LogP contribution < -0.4 is 10.6 Å². The van der Waals surface area contributed by atoms with Crippen LogP contribution in [0.1, 0.15) is 33.6 Å². The second kappa shape index (κ2) is 12.8. The third-order valence-corrected chi connectivity index (χ3v) is 6.20. The first kappa shape index (κ1) is 26.0. The number of H-pyrrole nitrogens is 2. The number of aliphatic hydroxyl groups excluding tert-OH is 1. The molecule has 0 aliphatic heterocycles. The van der Waals surface area contributed by atoms with Gasteiger partial charge in [0.25, 0.3) is 0 Å². The minimum Gasteiger partial charge on any atom is -0.395 e. The van der Waals surface area contributed by atoms with Crippen LogP contribution in [0.3, 0.4) is 0 Å². The van der Waals surface area contributed by atoms with Crippen LogP contribution in [0.5, 0.6) is 0 Å². The summed E-state index contributed by atoms with van der Waals surface area (Å²) >= 11 is 15.5. The molecule has 0 fully saturated rings. The number of aromatic nitrogens is 2. The molecular formula is C24H26ClFN4O2S2. The number of thiocarbonyl (C=S) groups is 1. The van der Waals surface area contributed by atoms with E-state index in [-0.39, 0.29) is 29.9 Å². The van der Waals surface area contributed by atoms with Crippen molar-refractivity contribution < 1.29 is 14.3 Å². The van der Waals surface area contributed by atoms with E-state index in [1.807, 2.05) is 30.5 Å². The Balaban J connectivity index is 0.000000192. The lowest BCUT2D eigenvalue weighted by molar-refractivity contribution is 0.0900. The fourth-order valence-corrected chi connectivity index (χ4v) is 4.25. The van der Waals surface area contributed by atoms with E-state index < -0.39 is 5.82 Å². The molecule has 2 aromatic carbocycles. The van der Waals surface area contributed by atoms with E-state index in [0.717, 1.165) is 30.5 Å². The number of fused-ring (bicyclic) bond motifs is 1. The number of aryl methyl sites for hydroxylation is 1. The van der Waals surface area contributed by atoms with Crippen LogP contribution in [0.4, 0.5) is 4.39 Å². The molecule has 0 amide bonds. The van der Waals surface area contributed by atoms with Gasteiger partial charge in [-0.05, 0) is 55.3 Å². The van der Waals surface area contributed by atoms with Crippen LogP contribution in [-0.4, -0.2) is 39.1 Å². The first-order chi connectivity index (χ1) is 16.4. The van der Waals surface area contributed by atoms with Crippen LogP contribution in [0.25, 0.3) is 0 Å². The summed E-state index contributed by atoms with van der Waals surface area (Å²) in [6.07, 6.45) is 4.50. The summed E-state index contributed by atoms with van der Waals surface area (Å²) < 4.78 is 14.0. The van der Waals surface area contributed by atoms with Crippen molar-refractivity contribution in [2.45, 2.75) is 25.8 Å². The van der Waals surface area contributed by atoms with Crippen molar-refractivity contribution in [2.75, 3.05) is 13.2 Å². The summed E-state index contributed by atoms with van der Waals surface area (Å²) in [5, 5.41) is 14.6. The number of aliphatic hydroxyl groups is 1. The second-order valence-corrected chi connectivity index (χ2v) is 9.00. The molecule has 1 aliphatic rings. The second-order valence-electron chi connectivity index (χ2n) is 7.78. The number of Topliss-reactive ketones (excluding diaryl/α,β-unsaturated/α-hetero) is 1. The molecule has 1 aromatic heterocycles. The molecule has 0 spiro atoms. The molecule has 0 radical (unpaired) electrons. The van der Waals surface area contributed by atoms with Gasteiger partial charge in [0.05, 0.1) is 11.6 Å². The van der Waals surface area contributed by atoms with E-state index in [2.05, 4.69) is 20.6 Å². The van der Waals surface area contributed by atoms with Gasteiger partial charge < -0.3 is 25.7 Å². The highest BCUT2D eigenvalue weighted by Gasteiger charge is 2.27. The molecule has 3 aromatic rings. The summed E-state index contributed by atoms with van der Waals surface area (Å²) in [7, 11) is 0. The van der Waals surface area contributed by atoms with Crippen molar-refractivity contribution in [1.82, 2.24) is 20.6 Å². The molecule has 0 bridgehead atoms. The maximum absolute atomic E-state index is 13.4. The van der Waals surface area contributed by atoms with Crippen LogP contribution in [0.15, 0.2) is 48.7 Å². The Kier molecular flexibility index (Phi) is 9.76. The Morgan fingerprint density at radius 1 is 1.21 bits per heavy atom. The Bertz CT molecular complexity index is 1200. The number of nitrogens with one attached hydrogen (secondary N) is 4. The summed E-state index contributed by atoms with van der Waals surface area (Å²) in [6, 6.07) is 12.7. The zero-order valence-corrected chi connectivity index (χ0v) is 20.8. The lowest BCUT2D eigenvalue weighted by Crippen LogP contribution is -2.36. The molecule has 34 heavy (non-hydrogen) atoms. The van der Waals surface area contributed by atoms with Gasteiger partial charge in [-0.15, -0.1) is 0 Å². The van der Waals surface area contributed by atoms with Crippen LogP contribution in [0.2, 0.25) is 5.02 Å². The SMILES string of the molecule is O=C1c2ccccc2CC[C@H]1Cc1c[nH]c(=S)[nH]1.OCCNC(=S)NCc1cccc(Cl)c1F. The molecule has 10 heteroatoms. The number of hydrogen-bond donors (Lipinski definition) is 5. The Morgan fingerprint density at radius 3 is 2.74 bits per heavy atom. The van der Waals surface area contributed by atoms with Crippen molar-refractivity contribution >= 4 is 46.9 Å². The van der Waals surface area contributed by atoms with E-state index in [1.54, 1.807) is 12.1 Å². The van der Waals surface area contributed by atoms with Gasteiger partial charge >= 0.3 is 0 Å². The van der Waals surface area contributed by atoms with E-state index in [4.69, 9.17) is 41.1 Å². The van der Waals surface area contributed by atoms with Gasteiger partial charge in [-0.3, -0.25) is 4.79 Å². The topological polar surface area (TPSA) is 92.9 Å². The lowest BCUT2D eigenvalue weighted by Gasteiger charge is -2.22. The Labute approximate surface area is 213 Å². The van der Waals surface area contributed by atoms with Crippen LogP contribution in [0, 0.1) is 16.5 Å². The predicted molar refractivity (Wildman–Crippen MR) is 138 cm³/mol. The standard InChI is InChI=1S/C14H14N2OS.C10H12ClFN2OS/c17-13-10(7-11-8-15-14(18)16-11)6-5-9-3-1-2-4-12(9)13;11-8-3-1-2-7(9(8)12)6-14-10(16)13-4-5-15/h1-4,8,10H,5-7H2,(H2,15,16,18);1-3,15H,4-6H2,(H2,13,14,16)/t10-;/m0./s1. The highest BCUT2D eigenvalue weighted by molar-refractivity contribution is 7.80. The zero-order valence-electron chi connectivity index (χ0n) is 18.4. The molecule has 0 unspecified atom stereocenters. The van der Waals surface area contributed by atoms with E-state index in [0.29, 0.717) is 22.0 Å². The molecule has 0 saturated carbocycles. The number of carbonyl (C=O) groups is 1. The average molecular weight is 521 g/mol. The van der Waals surface area contributed by atoms with Gasteiger partial charge in [0.2, 0.25) is 0 Å². The Hall–Kier alpha value is -2.59. The fourth-order valence-electron chi connectivity index (χ4n) is 3.69. The van der Waals surface area contributed by atoms with Gasteiger partial charge in [0, 0.05) is 42.0 Å². The minimum atomic E-state index is -0.443. The summed E-state index contributed by atoms with van der Waals surface area (Å²) in [4.78, 5) is 18.4. The van der Waals surface area contributed by atoms with Crippen molar-refractivity contribution in [2.24, 2.45) is 5.92 Å². The predicted octanol–water partition coefficient (Wildman–Crippen LogP) is 4.50. The molecule has 1 atom stereocenters. The molecule has 6 nitrogen and oxygen atoms in total. The first-order valence-corrected chi connectivity index (χ1v) is 12.0. The maximum atomic E-state index is 13.4.